The Hall–Kier alpha value is -2.10. The molecule has 4 rings (SSSR count). The van der Waals surface area contributed by atoms with E-state index in [1.807, 2.05) is 22.8 Å². The van der Waals surface area contributed by atoms with Gasteiger partial charge >= 0.3 is 0 Å². The second-order valence-corrected chi connectivity index (χ2v) is 7.83. The van der Waals surface area contributed by atoms with Gasteiger partial charge in [0.2, 0.25) is 0 Å². The van der Waals surface area contributed by atoms with Crippen molar-refractivity contribution >= 4 is 0 Å². The van der Waals surface area contributed by atoms with Crippen molar-refractivity contribution in [2.24, 2.45) is 5.92 Å². The Morgan fingerprint density at radius 3 is 2.69 bits per heavy atom. The first kappa shape index (κ1) is 17.3. The van der Waals surface area contributed by atoms with E-state index < -0.39 is 0 Å². The standard InChI is InChI=1S/C22H28N2O2/c25-19-11-5-4-10-17(19)21-18(14-13-16-8-2-1-3-9-16)22(26)24-15-7-6-12-20(24)23-21/h4-5,10-11,16,25H,1-3,6-9,12-15H2. The van der Waals surface area contributed by atoms with Gasteiger partial charge in [0, 0.05) is 24.1 Å². The number of aromatic hydroxyl groups is 1. The fourth-order valence-electron chi connectivity index (χ4n) is 4.56. The van der Waals surface area contributed by atoms with Crippen LogP contribution in [-0.4, -0.2) is 14.7 Å². The molecule has 138 valence electrons. The highest BCUT2D eigenvalue weighted by Gasteiger charge is 2.22. The highest BCUT2D eigenvalue weighted by molar-refractivity contribution is 5.69. The molecule has 0 radical (unpaired) electrons. The zero-order chi connectivity index (χ0) is 17.9. The Morgan fingerprint density at radius 2 is 1.88 bits per heavy atom. The summed E-state index contributed by atoms with van der Waals surface area (Å²) in [7, 11) is 0. The van der Waals surface area contributed by atoms with E-state index in [2.05, 4.69) is 0 Å². The van der Waals surface area contributed by atoms with Crippen molar-refractivity contribution in [1.82, 2.24) is 9.55 Å². The van der Waals surface area contributed by atoms with Crippen LogP contribution in [0.15, 0.2) is 29.1 Å². The van der Waals surface area contributed by atoms with Gasteiger partial charge in [-0.3, -0.25) is 9.36 Å². The smallest absolute Gasteiger partial charge is 0.257 e. The molecule has 1 N–H and O–H groups in total. The number of phenols is 1. The molecule has 2 heterocycles. The lowest BCUT2D eigenvalue weighted by molar-refractivity contribution is 0.338. The molecule has 1 aliphatic carbocycles. The number of aryl methyl sites for hydroxylation is 1. The van der Waals surface area contributed by atoms with Crippen molar-refractivity contribution in [2.75, 3.05) is 0 Å². The van der Waals surface area contributed by atoms with Gasteiger partial charge in [-0.1, -0.05) is 44.2 Å². The minimum absolute atomic E-state index is 0.115. The summed E-state index contributed by atoms with van der Waals surface area (Å²) in [6.07, 6.45) is 11.3. The lowest BCUT2D eigenvalue weighted by Gasteiger charge is -2.23. The van der Waals surface area contributed by atoms with Gasteiger partial charge in [0.15, 0.2) is 0 Å². The monoisotopic (exact) mass is 352 g/mol. The molecule has 0 unspecified atom stereocenters. The van der Waals surface area contributed by atoms with Crippen LogP contribution in [0.25, 0.3) is 11.3 Å². The molecule has 0 bridgehead atoms. The van der Waals surface area contributed by atoms with Crippen LogP contribution in [0.5, 0.6) is 5.75 Å². The first-order valence-electron chi connectivity index (χ1n) is 10.1. The molecule has 1 fully saturated rings. The average Bonchev–Trinajstić information content (AvgIpc) is 2.68. The van der Waals surface area contributed by atoms with Gasteiger partial charge in [-0.15, -0.1) is 0 Å². The van der Waals surface area contributed by atoms with Crippen LogP contribution in [0.2, 0.25) is 0 Å². The van der Waals surface area contributed by atoms with Crippen molar-refractivity contribution in [3.8, 4) is 17.0 Å². The molecule has 1 aromatic carbocycles. The van der Waals surface area contributed by atoms with Gasteiger partial charge in [0.1, 0.15) is 11.6 Å². The fourth-order valence-corrected chi connectivity index (χ4v) is 4.56. The number of rotatable bonds is 4. The summed E-state index contributed by atoms with van der Waals surface area (Å²) in [5, 5.41) is 10.4. The number of nitrogens with zero attached hydrogens (tertiary/aromatic N) is 2. The molecule has 0 amide bonds. The third kappa shape index (κ3) is 3.42. The lowest BCUT2D eigenvalue weighted by atomic mass is 9.85. The van der Waals surface area contributed by atoms with E-state index in [-0.39, 0.29) is 11.3 Å². The summed E-state index contributed by atoms with van der Waals surface area (Å²) >= 11 is 0. The second-order valence-electron chi connectivity index (χ2n) is 7.83. The number of para-hydroxylation sites is 1. The number of aromatic nitrogens is 2. The lowest BCUT2D eigenvalue weighted by Crippen LogP contribution is -2.32. The Kier molecular flexibility index (Phi) is 5.09. The van der Waals surface area contributed by atoms with Crippen LogP contribution < -0.4 is 5.56 Å². The molecule has 2 aliphatic rings. The van der Waals surface area contributed by atoms with Crippen LogP contribution in [0.4, 0.5) is 0 Å². The molecule has 0 atom stereocenters. The van der Waals surface area contributed by atoms with Crippen LogP contribution in [0, 0.1) is 5.92 Å². The third-order valence-corrected chi connectivity index (χ3v) is 6.06. The highest BCUT2D eigenvalue weighted by Crippen LogP contribution is 2.32. The minimum atomic E-state index is 0.115. The minimum Gasteiger partial charge on any atom is -0.507 e. The van der Waals surface area contributed by atoms with E-state index >= 15 is 0 Å². The Morgan fingerprint density at radius 1 is 1.08 bits per heavy atom. The zero-order valence-corrected chi connectivity index (χ0v) is 15.4. The van der Waals surface area contributed by atoms with E-state index in [0.29, 0.717) is 11.3 Å². The van der Waals surface area contributed by atoms with Gasteiger partial charge in [-0.05, 0) is 43.7 Å². The first-order valence-corrected chi connectivity index (χ1v) is 10.1. The van der Waals surface area contributed by atoms with Crippen LogP contribution in [-0.2, 0) is 19.4 Å². The van der Waals surface area contributed by atoms with Gasteiger partial charge in [0.05, 0.1) is 5.69 Å². The summed E-state index contributed by atoms with van der Waals surface area (Å²) in [5.41, 5.74) is 2.31. The maximum absolute atomic E-state index is 13.2. The molecule has 4 nitrogen and oxygen atoms in total. The number of benzene rings is 1. The van der Waals surface area contributed by atoms with E-state index in [0.717, 1.165) is 56.0 Å². The first-order chi connectivity index (χ1) is 12.7. The van der Waals surface area contributed by atoms with E-state index in [1.54, 1.807) is 6.07 Å². The number of hydrogen-bond acceptors (Lipinski definition) is 3. The molecule has 1 aromatic heterocycles. The fraction of sp³-hybridized carbons (Fsp3) is 0.545. The van der Waals surface area contributed by atoms with Crippen LogP contribution in [0.3, 0.4) is 0 Å². The maximum atomic E-state index is 13.2. The molecule has 0 saturated heterocycles. The predicted octanol–water partition coefficient (Wildman–Crippen LogP) is 4.47. The van der Waals surface area contributed by atoms with Crippen molar-refractivity contribution < 1.29 is 5.11 Å². The van der Waals surface area contributed by atoms with Gasteiger partial charge in [-0.25, -0.2) is 4.98 Å². The van der Waals surface area contributed by atoms with Crippen molar-refractivity contribution in [3.63, 3.8) is 0 Å². The van der Waals surface area contributed by atoms with E-state index in [1.165, 1.54) is 32.1 Å². The SMILES string of the molecule is O=c1c(CCC2CCCCC2)c(-c2ccccc2O)nc2n1CCCC2. The molecule has 1 aliphatic heterocycles. The van der Waals surface area contributed by atoms with Crippen molar-refractivity contribution in [3.05, 3.63) is 46.0 Å². The average molecular weight is 352 g/mol. The van der Waals surface area contributed by atoms with Crippen molar-refractivity contribution in [1.29, 1.82) is 0 Å². The second kappa shape index (κ2) is 7.65. The third-order valence-electron chi connectivity index (χ3n) is 6.06. The predicted molar refractivity (Wildman–Crippen MR) is 103 cm³/mol. The molecule has 1 saturated carbocycles. The summed E-state index contributed by atoms with van der Waals surface area (Å²) in [4.78, 5) is 18.1. The Labute approximate surface area is 154 Å². The number of fused-ring (bicyclic) bond motifs is 1. The largest absolute Gasteiger partial charge is 0.507 e. The summed E-state index contributed by atoms with van der Waals surface area (Å²) in [5.74, 6) is 1.81. The van der Waals surface area contributed by atoms with Crippen LogP contribution in [0.1, 0.15) is 62.8 Å². The van der Waals surface area contributed by atoms with E-state index in [4.69, 9.17) is 4.98 Å². The quantitative estimate of drug-likeness (QED) is 0.883. The highest BCUT2D eigenvalue weighted by atomic mass is 16.3. The van der Waals surface area contributed by atoms with Gasteiger partial charge in [0.25, 0.3) is 5.56 Å². The number of hydrogen-bond donors (Lipinski definition) is 1. The maximum Gasteiger partial charge on any atom is 0.257 e. The molecule has 26 heavy (non-hydrogen) atoms. The Balaban J connectivity index is 1.74. The van der Waals surface area contributed by atoms with E-state index in [9.17, 15) is 9.90 Å². The zero-order valence-electron chi connectivity index (χ0n) is 15.4. The number of phenolic OH excluding ortho intramolecular Hbond substituents is 1. The summed E-state index contributed by atoms with van der Waals surface area (Å²) in [6.45, 7) is 0.776. The van der Waals surface area contributed by atoms with Crippen LogP contribution >= 0.6 is 0 Å². The Bertz CT molecular complexity index is 835. The van der Waals surface area contributed by atoms with Gasteiger partial charge < -0.3 is 5.11 Å². The van der Waals surface area contributed by atoms with Crippen molar-refractivity contribution in [2.45, 2.75) is 70.8 Å². The molecular formula is C22H28N2O2. The molecule has 0 spiro atoms. The summed E-state index contributed by atoms with van der Waals surface area (Å²) < 4.78 is 1.88. The molecule has 2 aromatic rings. The normalized spacial score (nSPS) is 17.8. The topological polar surface area (TPSA) is 55.1 Å². The summed E-state index contributed by atoms with van der Waals surface area (Å²) in [6, 6.07) is 7.27. The molecule has 4 heteroatoms. The molecular weight excluding hydrogens is 324 g/mol. The van der Waals surface area contributed by atoms with Gasteiger partial charge in [-0.2, -0.15) is 0 Å².